The molecule has 1 aliphatic heterocycles. The molecule has 0 amide bonds. The van der Waals surface area contributed by atoms with Crippen LogP contribution in [-0.4, -0.2) is 16.5 Å². The molecule has 2 aromatic rings. The molecule has 2 heterocycles. The van der Waals surface area contributed by atoms with E-state index in [9.17, 15) is 0 Å². The van der Waals surface area contributed by atoms with Gasteiger partial charge in [-0.15, -0.1) is 0 Å². The Labute approximate surface area is 120 Å². The standard InChI is InChI=1S/C17H21N3/c1-11-6-7-14(13(3)12(11)2)15-8-10-19-17(20-15)16-5-4-9-18-16/h6-8,10,16,18H,4-5,9H2,1-3H3. The molecule has 1 aromatic heterocycles. The third kappa shape index (κ3) is 2.34. The van der Waals surface area contributed by atoms with E-state index in [1.165, 1.54) is 28.7 Å². The first-order chi connectivity index (χ1) is 9.66. The van der Waals surface area contributed by atoms with Crippen LogP contribution in [0.4, 0.5) is 0 Å². The van der Waals surface area contributed by atoms with Crippen LogP contribution in [0.3, 0.4) is 0 Å². The Bertz CT molecular complexity index is 628. The number of rotatable bonds is 2. The predicted octanol–water partition coefficient (Wildman–Crippen LogP) is 3.49. The quantitative estimate of drug-likeness (QED) is 0.905. The Kier molecular flexibility index (Phi) is 3.53. The average Bonchev–Trinajstić information content (AvgIpc) is 2.99. The second-order valence-corrected chi connectivity index (χ2v) is 5.63. The van der Waals surface area contributed by atoms with Gasteiger partial charge in [0.25, 0.3) is 0 Å². The SMILES string of the molecule is Cc1ccc(-c2ccnc(C3CCCN3)n2)c(C)c1C. The molecule has 1 saturated heterocycles. The van der Waals surface area contributed by atoms with Gasteiger partial charge < -0.3 is 5.32 Å². The second-order valence-electron chi connectivity index (χ2n) is 5.63. The molecule has 0 aliphatic carbocycles. The summed E-state index contributed by atoms with van der Waals surface area (Å²) < 4.78 is 0. The zero-order chi connectivity index (χ0) is 14.1. The number of hydrogen-bond acceptors (Lipinski definition) is 3. The molecule has 3 heteroatoms. The summed E-state index contributed by atoms with van der Waals surface area (Å²) in [7, 11) is 0. The van der Waals surface area contributed by atoms with E-state index in [0.717, 1.165) is 24.5 Å². The number of nitrogens with zero attached hydrogens (tertiary/aromatic N) is 2. The minimum atomic E-state index is 0.321. The number of benzene rings is 1. The molecule has 0 saturated carbocycles. The Balaban J connectivity index is 2.02. The molecule has 1 fully saturated rings. The molecular formula is C17H21N3. The molecule has 3 rings (SSSR count). The van der Waals surface area contributed by atoms with Gasteiger partial charge in [0.05, 0.1) is 11.7 Å². The van der Waals surface area contributed by atoms with Crippen molar-refractivity contribution >= 4 is 0 Å². The fourth-order valence-electron chi connectivity index (χ4n) is 2.83. The monoisotopic (exact) mass is 267 g/mol. The van der Waals surface area contributed by atoms with E-state index in [4.69, 9.17) is 4.98 Å². The zero-order valence-electron chi connectivity index (χ0n) is 12.4. The summed E-state index contributed by atoms with van der Waals surface area (Å²) in [6, 6.07) is 6.68. The Morgan fingerprint density at radius 2 is 1.95 bits per heavy atom. The van der Waals surface area contributed by atoms with E-state index in [-0.39, 0.29) is 0 Å². The molecular weight excluding hydrogens is 246 g/mol. The van der Waals surface area contributed by atoms with Gasteiger partial charge >= 0.3 is 0 Å². The maximum absolute atomic E-state index is 4.78. The lowest BCUT2D eigenvalue weighted by Crippen LogP contribution is -2.16. The van der Waals surface area contributed by atoms with Gasteiger partial charge in [-0.05, 0) is 62.9 Å². The maximum atomic E-state index is 4.78. The molecule has 1 aromatic carbocycles. The van der Waals surface area contributed by atoms with Crippen molar-refractivity contribution in [2.45, 2.75) is 39.7 Å². The highest BCUT2D eigenvalue weighted by molar-refractivity contribution is 5.65. The van der Waals surface area contributed by atoms with Gasteiger partial charge in [0, 0.05) is 11.8 Å². The molecule has 0 bridgehead atoms. The summed E-state index contributed by atoms with van der Waals surface area (Å²) in [5.74, 6) is 0.928. The van der Waals surface area contributed by atoms with Crippen LogP contribution < -0.4 is 5.32 Å². The summed E-state index contributed by atoms with van der Waals surface area (Å²) in [6.45, 7) is 7.57. The molecule has 1 aliphatic rings. The van der Waals surface area contributed by atoms with Crippen LogP contribution in [0.2, 0.25) is 0 Å². The van der Waals surface area contributed by atoms with Crippen molar-refractivity contribution < 1.29 is 0 Å². The summed E-state index contributed by atoms with van der Waals surface area (Å²) >= 11 is 0. The highest BCUT2D eigenvalue weighted by atomic mass is 15.0. The lowest BCUT2D eigenvalue weighted by atomic mass is 9.97. The zero-order valence-corrected chi connectivity index (χ0v) is 12.4. The van der Waals surface area contributed by atoms with Gasteiger partial charge in [-0.3, -0.25) is 0 Å². The Hall–Kier alpha value is -1.74. The van der Waals surface area contributed by atoms with E-state index < -0.39 is 0 Å². The van der Waals surface area contributed by atoms with E-state index in [2.05, 4.69) is 43.2 Å². The van der Waals surface area contributed by atoms with Gasteiger partial charge in [0.1, 0.15) is 5.82 Å². The second kappa shape index (κ2) is 5.33. The minimum absolute atomic E-state index is 0.321. The molecule has 20 heavy (non-hydrogen) atoms. The van der Waals surface area contributed by atoms with Crippen molar-refractivity contribution in [3.63, 3.8) is 0 Å². The smallest absolute Gasteiger partial charge is 0.145 e. The first-order valence-electron chi connectivity index (χ1n) is 7.30. The van der Waals surface area contributed by atoms with Crippen LogP contribution >= 0.6 is 0 Å². The van der Waals surface area contributed by atoms with Crippen molar-refractivity contribution in [1.29, 1.82) is 0 Å². The van der Waals surface area contributed by atoms with Crippen molar-refractivity contribution in [3.05, 3.63) is 46.9 Å². The molecule has 3 nitrogen and oxygen atoms in total. The molecule has 1 N–H and O–H groups in total. The largest absolute Gasteiger partial charge is 0.307 e. The number of nitrogens with one attached hydrogen (secondary N) is 1. The normalized spacial score (nSPS) is 18.4. The van der Waals surface area contributed by atoms with Crippen LogP contribution in [0.15, 0.2) is 24.4 Å². The van der Waals surface area contributed by atoms with E-state index in [1.54, 1.807) is 0 Å². The topological polar surface area (TPSA) is 37.8 Å². The third-order valence-electron chi connectivity index (χ3n) is 4.38. The summed E-state index contributed by atoms with van der Waals surface area (Å²) in [5, 5.41) is 3.46. The van der Waals surface area contributed by atoms with Gasteiger partial charge in [0.15, 0.2) is 0 Å². The predicted molar refractivity (Wildman–Crippen MR) is 81.7 cm³/mol. The number of aryl methyl sites for hydroxylation is 1. The first-order valence-corrected chi connectivity index (χ1v) is 7.30. The lowest BCUT2D eigenvalue weighted by molar-refractivity contribution is 0.605. The van der Waals surface area contributed by atoms with Crippen LogP contribution in [0.1, 0.15) is 41.4 Å². The average molecular weight is 267 g/mol. The van der Waals surface area contributed by atoms with Gasteiger partial charge in [-0.1, -0.05) is 12.1 Å². The third-order valence-corrected chi connectivity index (χ3v) is 4.38. The molecule has 1 atom stereocenters. The minimum Gasteiger partial charge on any atom is -0.307 e. The molecule has 0 spiro atoms. The fraction of sp³-hybridized carbons (Fsp3) is 0.412. The highest BCUT2D eigenvalue weighted by Gasteiger charge is 2.19. The molecule has 104 valence electrons. The lowest BCUT2D eigenvalue weighted by Gasteiger charge is -2.13. The van der Waals surface area contributed by atoms with E-state index in [0.29, 0.717) is 6.04 Å². The van der Waals surface area contributed by atoms with Crippen LogP contribution in [-0.2, 0) is 0 Å². The van der Waals surface area contributed by atoms with Crippen molar-refractivity contribution in [2.75, 3.05) is 6.54 Å². The van der Waals surface area contributed by atoms with E-state index in [1.807, 2.05) is 12.3 Å². The maximum Gasteiger partial charge on any atom is 0.145 e. The summed E-state index contributed by atoms with van der Waals surface area (Å²) in [6.07, 6.45) is 4.22. The van der Waals surface area contributed by atoms with E-state index >= 15 is 0 Å². The van der Waals surface area contributed by atoms with Crippen LogP contribution in [0.25, 0.3) is 11.3 Å². The van der Waals surface area contributed by atoms with Gasteiger partial charge in [0.2, 0.25) is 0 Å². The van der Waals surface area contributed by atoms with Crippen molar-refractivity contribution in [1.82, 2.24) is 15.3 Å². The number of aromatic nitrogens is 2. The van der Waals surface area contributed by atoms with Crippen molar-refractivity contribution in [3.8, 4) is 11.3 Å². The van der Waals surface area contributed by atoms with Crippen LogP contribution in [0, 0.1) is 20.8 Å². The molecule has 0 radical (unpaired) electrons. The number of hydrogen-bond donors (Lipinski definition) is 1. The summed E-state index contributed by atoms with van der Waals surface area (Å²) in [4.78, 5) is 9.23. The Morgan fingerprint density at radius 1 is 1.10 bits per heavy atom. The van der Waals surface area contributed by atoms with Crippen LogP contribution in [0.5, 0.6) is 0 Å². The summed E-state index contributed by atoms with van der Waals surface area (Å²) in [5.41, 5.74) is 6.24. The van der Waals surface area contributed by atoms with Crippen molar-refractivity contribution in [2.24, 2.45) is 0 Å². The van der Waals surface area contributed by atoms with Gasteiger partial charge in [-0.25, -0.2) is 9.97 Å². The first kappa shape index (κ1) is 13.3. The van der Waals surface area contributed by atoms with Gasteiger partial charge in [-0.2, -0.15) is 0 Å². The Morgan fingerprint density at radius 3 is 2.70 bits per heavy atom. The molecule has 1 unspecified atom stereocenters. The highest BCUT2D eigenvalue weighted by Crippen LogP contribution is 2.27. The fourth-order valence-corrected chi connectivity index (χ4v) is 2.83.